The van der Waals surface area contributed by atoms with Gasteiger partial charge in [0.05, 0.1) is 25.0 Å². The van der Waals surface area contributed by atoms with Gasteiger partial charge in [0.2, 0.25) is 5.91 Å². The Morgan fingerprint density at radius 1 is 1.23 bits per heavy atom. The first-order valence-electron chi connectivity index (χ1n) is 7.78. The van der Waals surface area contributed by atoms with Crippen LogP contribution in [0.15, 0.2) is 30.3 Å². The van der Waals surface area contributed by atoms with E-state index in [-0.39, 0.29) is 11.8 Å². The summed E-state index contributed by atoms with van der Waals surface area (Å²) >= 11 is 0. The maximum Gasteiger partial charge on any atom is 0.307 e. The van der Waals surface area contributed by atoms with Crippen LogP contribution in [0.2, 0.25) is 0 Å². The Morgan fingerprint density at radius 3 is 2.68 bits per heavy atom. The van der Waals surface area contributed by atoms with Crippen LogP contribution < -0.4 is 0 Å². The molecule has 2 aliphatic rings. The molecule has 22 heavy (non-hydrogen) atoms. The van der Waals surface area contributed by atoms with Gasteiger partial charge >= 0.3 is 5.97 Å². The molecule has 1 N–H and O–H groups in total. The summed E-state index contributed by atoms with van der Waals surface area (Å²) in [5.41, 5.74) is 1.15. The minimum atomic E-state index is -0.847. The number of aliphatic carboxylic acids is 1. The van der Waals surface area contributed by atoms with Crippen LogP contribution in [0.4, 0.5) is 0 Å². The Morgan fingerprint density at radius 2 is 2.00 bits per heavy atom. The third-order valence-electron chi connectivity index (χ3n) is 4.49. The van der Waals surface area contributed by atoms with Crippen molar-refractivity contribution >= 4 is 11.9 Å². The number of likely N-dealkylation sites (tertiary alicyclic amines) is 1. The van der Waals surface area contributed by atoms with Gasteiger partial charge in [-0.1, -0.05) is 30.3 Å². The summed E-state index contributed by atoms with van der Waals surface area (Å²) in [5, 5.41) is 8.90. The number of carboxylic acid groups (broad SMARTS) is 1. The van der Waals surface area contributed by atoms with Gasteiger partial charge in [0, 0.05) is 19.0 Å². The molecular weight excluding hydrogens is 282 g/mol. The Kier molecular flexibility index (Phi) is 4.43. The van der Waals surface area contributed by atoms with Crippen LogP contribution in [0, 0.1) is 17.8 Å². The molecule has 1 aliphatic heterocycles. The van der Waals surface area contributed by atoms with Crippen LogP contribution in [0.3, 0.4) is 0 Å². The maximum atomic E-state index is 12.2. The zero-order chi connectivity index (χ0) is 15.5. The maximum absolute atomic E-state index is 12.2. The molecule has 0 spiro atoms. The van der Waals surface area contributed by atoms with Gasteiger partial charge in [-0.2, -0.15) is 0 Å². The van der Waals surface area contributed by atoms with Crippen molar-refractivity contribution in [2.24, 2.45) is 17.8 Å². The number of hydrogen-bond acceptors (Lipinski definition) is 3. The van der Waals surface area contributed by atoms with Crippen LogP contribution in [0.1, 0.15) is 18.4 Å². The molecule has 0 bridgehead atoms. The Hall–Kier alpha value is -1.88. The second-order valence-corrected chi connectivity index (χ2v) is 6.23. The molecular formula is C17H21NO4. The standard InChI is InChI=1S/C17H21NO4/c19-16(14-8-15(14)17(20)21)18-7-6-13(9-18)11-22-10-12-4-2-1-3-5-12/h1-5,13-15H,6-11H2,(H,20,21)/t13-,14+,15+/m0/s1. The van der Waals surface area contributed by atoms with Crippen LogP contribution in [-0.2, 0) is 20.9 Å². The van der Waals surface area contributed by atoms with Crippen LogP contribution >= 0.6 is 0 Å². The van der Waals surface area contributed by atoms with Gasteiger partial charge < -0.3 is 14.7 Å². The van der Waals surface area contributed by atoms with Crippen molar-refractivity contribution in [1.82, 2.24) is 4.90 Å². The SMILES string of the molecule is O=C(O)[C@@H]1C[C@H]1C(=O)N1CC[C@H](COCc2ccccc2)C1. The Labute approximate surface area is 129 Å². The van der Waals surface area contributed by atoms with Gasteiger partial charge in [0.1, 0.15) is 0 Å². The number of benzene rings is 1. The van der Waals surface area contributed by atoms with E-state index in [0.717, 1.165) is 18.5 Å². The first kappa shape index (κ1) is 15.0. The average molecular weight is 303 g/mol. The molecule has 3 atom stereocenters. The van der Waals surface area contributed by atoms with E-state index >= 15 is 0 Å². The highest BCUT2D eigenvalue weighted by molar-refractivity contribution is 5.89. The van der Waals surface area contributed by atoms with Crippen molar-refractivity contribution in [1.29, 1.82) is 0 Å². The number of carboxylic acids is 1. The molecule has 1 heterocycles. The lowest BCUT2D eigenvalue weighted by Crippen LogP contribution is -2.31. The van der Waals surface area contributed by atoms with E-state index < -0.39 is 11.9 Å². The molecule has 5 heteroatoms. The van der Waals surface area contributed by atoms with Crippen molar-refractivity contribution in [3.05, 3.63) is 35.9 Å². The molecule has 1 saturated heterocycles. The summed E-state index contributed by atoms with van der Waals surface area (Å²) in [4.78, 5) is 24.8. The highest BCUT2D eigenvalue weighted by Gasteiger charge is 2.50. The molecule has 1 amide bonds. The third-order valence-corrected chi connectivity index (χ3v) is 4.49. The highest BCUT2D eigenvalue weighted by atomic mass is 16.5. The number of carbonyl (C=O) groups excluding carboxylic acids is 1. The van der Waals surface area contributed by atoms with E-state index in [9.17, 15) is 9.59 Å². The minimum absolute atomic E-state index is 0.0120. The first-order valence-corrected chi connectivity index (χ1v) is 7.78. The summed E-state index contributed by atoms with van der Waals surface area (Å²) in [6.07, 6.45) is 1.44. The number of nitrogens with zero attached hydrogens (tertiary/aromatic N) is 1. The van der Waals surface area contributed by atoms with E-state index in [1.807, 2.05) is 35.2 Å². The average Bonchev–Trinajstić information content (AvgIpc) is 3.20. The van der Waals surface area contributed by atoms with Gasteiger partial charge in [-0.15, -0.1) is 0 Å². The minimum Gasteiger partial charge on any atom is -0.481 e. The van der Waals surface area contributed by atoms with Crippen LogP contribution in [0.5, 0.6) is 0 Å². The molecule has 5 nitrogen and oxygen atoms in total. The number of hydrogen-bond donors (Lipinski definition) is 1. The smallest absolute Gasteiger partial charge is 0.307 e. The quantitative estimate of drug-likeness (QED) is 0.870. The largest absolute Gasteiger partial charge is 0.481 e. The van der Waals surface area contributed by atoms with E-state index in [1.165, 1.54) is 0 Å². The topological polar surface area (TPSA) is 66.8 Å². The fraction of sp³-hybridized carbons (Fsp3) is 0.529. The molecule has 0 radical (unpaired) electrons. The fourth-order valence-electron chi connectivity index (χ4n) is 3.06. The zero-order valence-electron chi connectivity index (χ0n) is 12.5. The summed E-state index contributed by atoms with van der Waals surface area (Å²) < 4.78 is 5.74. The summed E-state index contributed by atoms with van der Waals surface area (Å²) in [6, 6.07) is 10.0. The van der Waals surface area contributed by atoms with Gasteiger partial charge in [-0.3, -0.25) is 9.59 Å². The molecule has 118 valence electrons. The van der Waals surface area contributed by atoms with Crippen molar-refractivity contribution < 1.29 is 19.4 Å². The lowest BCUT2D eigenvalue weighted by molar-refractivity contribution is -0.141. The fourth-order valence-corrected chi connectivity index (χ4v) is 3.06. The van der Waals surface area contributed by atoms with Gasteiger partial charge in [0.15, 0.2) is 0 Å². The highest BCUT2D eigenvalue weighted by Crippen LogP contribution is 2.40. The van der Waals surface area contributed by atoms with Crippen LogP contribution in [0.25, 0.3) is 0 Å². The normalized spacial score (nSPS) is 26.9. The molecule has 1 aliphatic carbocycles. The van der Waals surface area contributed by atoms with E-state index in [1.54, 1.807) is 0 Å². The molecule has 1 aromatic carbocycles. The lowest BCUT2D eigenvalue weighted by Gasteiger charge is -2.16. The number of ether oxygens (including phenoxy) is 1. The zero-order valence-corrected chi connectivity index (χ0v) is 12.5. The van der Waals surface area contributed by atoms with E-state index in [4.69, 9.17) is 9.84 Å². The molecule has 1 aromatic rings. The summed E-state index contributed by atoms with van der Waals surface area (Å²) in [7, 11) is 0. The summed E-state index contributed by atoms with van der Waals surface area (Å²) in [5.74, 6) is -1.23. The second-order valence-electron chi connectivity index (χ2n) is 6.23. The monoisotopic (exact) mass is 303 g/mol. The Bertz CT molecular complexity index is 545. The van der Waals surface area contributed by atoms with Crippen molar-refractivity contribution in [2.45, 2.75) is 19.4 Å². The molecule has 0 aromatic heterocycles. The van der Waals surface area contributed by atoms with Crippen molar-refractivity contribution in [3.8, 4) is 0 Å². The molecule has 3 rings (SSSR count). The van der Waals surface area contributed by atoms with E-state index in [2.05, 4.69) is 0 Å². The lowest BCUT2D eigenvalue weighted by atomic mass is 10.1. The molecule has 0 unspecified atom stereocenters. The molecule has 1 saturated carbocycles. The van der Waals surface area contributed by atoms with Crippen molar-refractivity contribution in [3.63, 3.8) is 0 Å². The Balaban J connectivity index is 1.39. The van der Waals surface area contributed by atoms with E-state index in [0.29, 0.717) is 32.1 Å². The number of amides is 1. The summed E-state index contributed by atoms with van der Waals surface area (Å²) in [6.45, 7) is 2.65. The third kappa shape index (κ3) is 3.47. The number of rotatable bonds is 6. The predicted octanol–water partition coefficient (Wildman–Crippen LogP) is 1.77. The number of carbonyl (C=O) groups is 2. The van der Waals surface area contributed by atoms with Gasteiger partial charge in [-0.05, 0) is 18.4 Å². The van der Waals surface area contributed by atoms with Crippen molar-refractivity contribution in [2.75, 3.05) is 19.7 Å². The van der Waals surface area contributed by atoms with Gasteiger partial charge in [-0.25, -0.2) is 0 Å². The van der Waals surface area contributed by atoms with Gasteiger partial charge in [0.25, 0.3) is 0 Å². The van der Waals surface area contributed by atoms with Crippen LogP contribution in [-0.4, -0.2) is 41.6 Å². The second kappa shape index (κ2) is 6.48. The predicted molar refractivity (Wildman–Crippen MR) is 80.0 cm³/mol. The molecule has 2 fully saturated rings. The first-order chi connectivity index (χ1) is 10.6.